The number of esters is 2. The van der Waals surface area contributed by atoms with Crippen molar-refractivity contribution in [1.29, 1.82) is 0 Å². The van der Waals surface area contributed by atoms with Crippen LogP contribution in [0.3, 0.4) is 0 Å². The number of aromatic nitrogens is 2. The molecule has 0 aliphatic carbocycles. The Kier molecular flexibility index (Phi) is 7.48. The smallest absolute Gasteiger partial charge is 0.355 e. The molecule has 0 spiro atoms. The fourth-order valence-corrected chi connectivity index (χ4v) is 3.74. The number of H-pyrrole nitrogens is 2. The molecule has 0 radical (unpaired) electrons. The van der Waals surface area contributed by atoms with Gasteiger partial charge in [-0.25, -0.2) is 9.59 Å². The van der Waals surface area contributed by atoms with Crippen LogP contribution in [0, 0.1) is 13.8 Å². The zero-order valence-corrected chi connectivity index (χ0v) is 21.2. The second-order valence-electron chi connectivity index (χ2n) is 10.1. The molecule has 2 aromatic heterocycles. The first kappa shape index (κ1) is 25.5. The van der Waals surface area contributed by atoms with E-state index in [0.717, 1.165) is 46.5 Å². The summed E-state index contributed by atoms with van der Waals surface area (Å²) in [5.41, 5.74) is 5.47. The Balaban J connectivity index is 2.43. The van der Waals surface area contributed by atoms with Crippen molar-refractivity contribution in [1.82, 2.24) is 9.97 Å². The van der Waals surface area contributed by atoms with E-state index in [2.05, 4.69) is 23.8 Å². The van der Waals surface area contributed by atoms with E-state index in [1.54, 1.807) is 0 Å². The molecule has 2 N–H and O–H groups in total. The molecule has 2 heterocycles. The Morgan fingerprint density at radius 1 is 0.719 bits per heavy atom. The zero-order valence-electron chi connectivity index (χ0n) is 21.2. The molecule has 176 valence electrons. The van der Waals surface area contributed by atoms with Crippen molar-refractivity contribution in [3.05, 3.63) is 45.0 Å². The van der Waals surface area contributed by atoms with E-state index in [1.165, 1.54) is 0 Å². The lowest BCUT2D eigenvalue weighted by molar-refractivity contribution is 0.00502. The summed E-state index contributed by atoms with van der Waals surface area (Å²) in [5, 5.41) is 0. The average Bonchev–Trinajstić information content (AvgIpc) is 3.13. The average molecular weight is 443 g/mol. The van der Waals surface area contributed by atoms with E-state index in [4.69, 9.17) is 9.47 Å². The number of rotatable bonds is 6. The van der Waals surface area contributed by atoms with Crippen LogP contribution in [-0.4, -0.2) is 33.1 Å². The fourth-order valence-electron chi connectivity index (χ4n) is 3.74. The van der Waals surface area contributed by atoms with Crippen LogP contribution in [0.2, 0.25) is 0 Å². The third kappa shape index (κ3) is 5.93. The molecule has 2 aromatic rings. The lowest BCUT2D eigenvalue weighted by atomic mass is 10.0. The first-order chi connectivity index (χ1) is 14.7. The molecule has 2 rings (SSSR count). The highest BCUT2D eigenvalue weighted by Gasteiger charge is 2.25. The van der Waals surface area contributed by atoms with Crippen molar-refractivity contribution in [3.63, 3.8) is 0 Å². The molecule has 6 nitrogen and oxygen atoms in total. The molecule has 0 saturated carbocycles. The number of nitrogens with one attached hydrogen (secondary N) is 2. The summed E-state index contributed by atoms with van der Waals surface area (Å²) < 4.78 is 11.1. The minimum atomic E-state index is -0.563. The van der Waals surface area contributed by atoms with Crippen LogP contribution in [0.25, 0.3) is 12.2 Å². The van der Waals surface area contributed by atoms with Gasteiger partial charge in [0.15, 0.2) is 0 Å². The van der Waals surface area contributed by atoms with Crippen LogP contribution < -0.4 is 0 Å². The van der Waals surface area contributed by atoms with Gasteiger partial charge in [-0.2, -0.15) is 0 Å². The fraction of sp³-hybridized carbons (Fsp3) is 0.538. The lowest BCUT2D eigenvalue weighted by Gasteiger charge is -2.19. The Morgan fingerprint density at radius 2 is 1.03 bits per heavy atom. The van der Waals surface area contributed by atoms with Crippen LogP contribution in [-0.2, 0) is 22.3 Å². The molecule has 0 amide bonds. The maximum absolute atomic E-state index is 12.6. The van der Waals surface area contributed by atoms with Gasteiger partial charge < -0.3 is 19.4 Å². The minimum Gasteiger partial charge on any atom is -0.455 e. The summed E-state index contributed by atoms with van der Waals surface area (Å²) in [5.74, 6) is -0.719. The van der Waals surface area contributed by atoms with Gasteiger partial charge in [-0.15, -0.1) is 0 Å². The number of carbonyl (C=O) groups is 2. The van der Waals surface area contributed by atoms with Crippen molar-refractivity contribution in [2.45, 2.75) is 93.3 Å². The summed E-state index contributed by atoms with van der Waals surface area (Å²) in [7, 11) is 0. The van der Waals surface area contributed by atoms with Crippen molar-refractivity contribution in [2.75, 3.05) is 0 Å². The normalized spacial score (nSPS) is 12.4. The van der Waals surface area contributed by atoms with Crippen LogP contribution >= 0.6 is 0 Å². The third-order valence-electron chi connectivity index (χ3n) is 5.15. The molecular weight excluding hydrogens is 404 g/mol. The molecule has 0 saturated heterocycles. The van der Waals surface area contributed by atoms with Crippen LogP contribution in [0.5, 0.6) is 0 Å². The summed E-state index contributed by atoms with van der Waals surface area (Å²) in [6.07, 6.45) is 5.45. The van der Waals surface area contributed by atoms with Crippen LogP contribution in [0.4, 0.5) is 0 Å². The van der Waals surface area contributed by atoms with Gasteiger partial charge in [-0.3, -0.25) is 0 Å². The van der Waals surface area contributed by atoms with Gasteiger partial charge in [0.05, 0.1) is 0 Å². The molecule has 0 fully saturated rings. The predicted octanol–water partition coefficient (Wildman–Crippen LogP) is 6.17. The number of hydrogen-bond acceptors (Lipinski definition) is 4. The van der Waals surface area contributed by atoms with Gasteiger partial charge in [0.25, 0.3) is 0 Å². The monoisotopic (exact) mass is 442 g/mol. The van der Waals surface area contributed by atoms with Crippen LogP contribution in [0.1, 0.15) is 110 Å². The molecule has 0 bridgehead atoms. The summed E-state index contributed by atoms with van der Waals surface area (Å²) in [6, 6.07) is 0. The lowest BCUT2D eigenvalue weighted by Crippen LogP contribution is -2.24. The van der Waals surface area contributed by atoms with Crippen molar-refractivity contribution < 1.29 is 19.1 Å². The molecule has 0 aliphatic heterocycles. The van der Waals surface area contributed by atoms with Gasteiger partial charge in [0, 0.05) is 11.4 Å². The minimum absolute atomic E-state index is 0.360. The highest BCUT2D eigenvalue weighted by Crippen LogP contribution is 2.26. The largest absolute Gasteiger partial charge is 0.455 e. The van der Waals surface area contributed by atoms with E-state index in [1.807, 2.05) is 67.5 Å². The van der Waals surface area contributed by atoms with Crippen molar-refractivity contribution >= 4 is 24.1 Å². The van der Waals surface area contributed by atoms with Gasteiger partial charge in [-0.05, 0) is 103 Å². The van der Waals surface area contributed by atoms with Gasteiger partial charge >= 0.3 is 11.9 Å². The first-order valence-electron chi connectivity index (χ1n) is 11.3. The Hall–Kier alpha value is -2.76. The standard InChI is InChI=1S/C26H38N2O4/c1-11-17-15(3)21(23(29)31-25(5,6)7)27-19(17)13-14-20-18(12-2)16(4)22(28-20)24(30)32-26(8,9)10/h13-14,27-28H,11-12H2,1-10H3/b14-13+. The van der Waals surface area contributed by atoms with Crippen molar-refractivity contribution in [3.8, 4) is 0 Å². The quantitative estimate of drug-likeness (QED) is 0.524. The number of hydrogen-bond donors (Lipinski definition) is 2. The highest BCUT2D eigenvalue weighted by atomic mass is 16.6. The van der Waals surface area contributed by atoms with Crippen LogP contribution in [0.15, 0.2) is 0 Å². The molecule has 0 aromatic carbocycles. The second-order valence-corrected chi connectivity index (χ2v) is 10.1. The molecular formula is C26H38N2O4. The first-order valence-corrected chi connectivity index (χ1v) is 11.3. The van der Waals surface area contributed by atoms with E-state index in [-0.39, 0.29) is 11.9 Å². The summed E-state index contributed by atoms with van der Waals surface area (Å²) in [4.78, 5) is 31.8. The molecule has 6 heteroatoms. The van der Waals surface area contributed by atoms with E-state index in [9.17, 15) is 9.59 Å². The van der Waals surface area contributed by atoms with Gasteiger partial charge in [0.2, 0.25) is 0 Å². The summed E-state index contributed by atoms with van der Waals surface area (Å²) >= 11 is 0. The Bertz CT molecular complexity index is 942. The molecule has 0 unspecified atom stereocenters. The maximum atomic E-state index is 12.6. The SMILES string of the molecule is CCc1c(/C=C/c2[nH]c(C(=O)OC(C)(C)C)c(C)c2CC)[nH]c(C(=O)OC(C)(C)C)c1C. The molecule has 0 aliphatic rings. The number of aromatic amines is 2. The van der Waals surface area contributed by atoms with E-state index in [0.29, 0.717) is 11.4 Å². The van der Waals surface area contributed by atoms with Crippen molar-refractivity contribution in [2.24, 2.45) is 0 Å². The number of carbonyl (C=O) groups excluding carboxylic acids is 2. The third-order valence-corrected chi connectivity index (χ3v) is 5.15. The Labute approximate surface area is 191 Å². The molecule has 0 atom stereocenters. The number of ether oxygens (including phenoxy) is 2. The summed E-state index contributed by atoms with van der Waals surface area (Å²) in [6.45, 7) is 19.1. The zero-order chi connectivity index (χ0) is 24.4. The van der Waals surface area contributed by atoms with Gasteiger partial charge in [-0.1, -0.05) is 13.8 Å². The highest BCUT2D eigenvalue weighted by molar-refractivity contribution is 5.92. The topological polar surface area (TPSA) is 84.2 Å². The predicted molar refractivity (Wildman–Crippen MR) is 129 cm³/mol. The molecule has 32 heavy (non-hydrogen) atoms. The maximum Gasteiger partial charge on any atom is 0.355 e. The van der Waals surface area contributed by atoms with E-state index < -0.39 is 11.2 Å². The van der Waals surface area contributed by atoms with Gasteiger partial charge in [0.1, 0.15) is 22.6 Å². The Morgan fingerprint density at radius 3 is 1.28 bits per heavy atom. The second kappa shape index (κ2) is 9.39. The van der Waals surface area contributed by atoms with E-state index >= 15 is 0 Å².